The Hall–Kier alpha value is -1.52. The van der Waals surface area contributed by atoms with E-state index < -0.39 is 0 Å². The van der Waals surface area contributed by atoms with Gasteiger partial charge in [0.25, 0.3) is 0 Å². The summed E-state index contributed by atoms with van der Waals surface area (Å²) in [6.45, 7) is 4.62. The summed E-state index contributed by atoms with van der Waals surface area (Å²) in [5, 5.41) is 5.14. The smallest absolute Gasteiger partial charge is 0.314 e. The van der Waals surface area contributed by atoms with Crippen molar-refractivity contribution in [3.05, 3.63) is 17.8 Å². The molecule has 1 aromatic rings. The summed E-state index contributed by atoms with van der Waals surface area (Å²) >= 11 is 0. The Morgan fingerprint density at radius 3 is 2.87 bits per heavy atom. The second-order valence-electron chi connectivity index (χ2n) is 3.57. The van der Waals surface area contributed by atoms with Gasteiger partial charge in [-0.2, -0.15) is 0 Å². The average molecular weight is 211 g/mol. The van der Waals surface area contributed by atoms with Gasteiger partial charge in [-0.1, -0.05) is 13.8 Å². The third kappa shape index (κ3) is 3.61. The standard InChI is InChI=1S/C10H17N3O2/c1-7(2)8-6-13-9(15-8)4-5-12-10(14)11-3/h6-7H,4-5H2,1-3H3,(H2,11,12,14). The SMILES string of the molecule is CNC(=O)NCCc1ncc(C(C)C)o1. The lowest BCUT2D eigenvalue weighted by Gasteiger charge is -2.01. The highest BCUT2D eigenvalue weighted by molar-refractivity contribution is 5.73. The summed E-state index contributed by atoms with van der Waals surface area (Å²) in [7, 11) is 1.58. The van der Waals surface area contributed by atoms with Crippen molar-refractivity contribution in [2.24, 2.45) is 0 Å². The molecular formula is C10H17N3O2. The minimum absolute atomic E-state index is 0.189. The number of urea groups is 1. The van der Waals surface area contributed by atoms with Crippen LogP contribution < -0.4 is 10.6 Å². The second kappa shape index (κ2) is 5.38. The minimum atomic E-state index is -0.189. The van der Waals surface area contributed by atoms with E-state index in [1.54, 1.807) is 13.2 Å². The molecule has 1 rings (SSSR count). The molecule has 0 aromatic carbocycles. The van der Waals surface area contributed by atoms with Crippen molar-refractivity contribution in [3.63, 3.8) is 0 Å². The monoisotopic (exact) mass is 211 g/mol. The maximum absolute atomic E-state index is 10.8. The predicted octanol–water partition coefficient (Wildman–Crippen LogP) is 1.27. The maximum Gasteiger partial charge on any atom is 0.314 e. The van der Waals surface area contributed by atoms with E-state index in [0.717, 1.165) is 5.76 Å². The molecule has 15 heavy (non-hydrogen) atoms. The Bertz CT molecular complexity index is 320. The van der Waals surface area contributed by atoms with E-state index in [0.29, 0.717) is 24.8 Å². The van der Waals surface area contributed by atoms with Gasteiger partial charge in [0.05, 0.1) is 6.20 Å². The number of aromatic nitrogens is 1. The maximum atomic E-state index is 10.8. The summed E-state index contributed by atoms with van der Waals surface area (Å²) in [5.41, 5.74) is 0. The van der Waals surface area contributed by atoms with Crippen LogP contribution in [0.4, 0.5) is 4.79 Å². The van der Waals surface area contributed by atoms with E-state index in [2.05, 4.69) is 15.6 Å². The van der Waals surface area contributed by atoms with Gasteiger partial charge in [0.1, 0.15) is 5.76 Å². The van der Waals surface area contributed by atoms with Gasteiger partial charge in [-0.3, -0.25) is 0 Å². The fourth-order valence-corrected chi connectivity index (χ4v) is 1.08. The van der Waals surface area contributed by atoms with E-state index in [1.165, 1.54) is 0 Å². The lowest BCUT2D eigenvalue weighted by molar-refractivity contribution is 0.243. The van der Waals surface area contributed by atoms with E-state index in [9.17, 15) is 4.79 Å². The highest BCUT2D eigenvalue weighted by Crippen LogP contribution is 2.14. The van der Waals surface area contributed by atoms with Gasteiger partial charge in [0.15, 0.2) is 5.89 Å². The molecule has 5 nitrogen and oxygen atoms in total. The van der Waals surface area contributed by atoms with Crippen molar-refractivity contribution in [1.29, 1.82) is 0 Å². The number of hydrogen-bond donors (Lipinski definition) is 2. The number of nitrogens with one attached hydrogen (secondary N) is 2. The molecule has 2 N–H and O–H groups in total. The zero-order valence-corrected chi connectivity index (χ0v) is 9.33. The minimum Gasteiger partial charge on any atom is -0.445 e. The van der Waals surface area contributed by atoms with Crippen molar-refractivity contribution in [2.45, 2.75) is 26.2 Å². The zero-order chi connectivity index (χ0) is 11.3. The molecule has 1 heterocycles. The number of rotatable bonds is 4. The molecule has 0 aliphatic rings. The second-order valence-corrected chi connectivity index (χ2v) is 3.57. The summed E-state index contributed by atoms with van der Waals surface area (Å²) < 4.78 is 5.48. The quantitative estimate of drug-likeness (QED) is 0.788. The van der Waals surface area contributed by atoms with E-state index >= 15 is 0 Å². The Labute approximate surface area is 89.3 Å². The molecule has 0 fully saturated rings. The molecule has 0 aliphatic carbocycles. The molecule has 0 saturated carbocycles. The summed E-state index contributed by atoms with van der Waals surface area (Å²) in [6.07, 6.45) is 2.35. The van der Waals surface area contributed by atoms with Gasteiger partial charge in [-0.05, 0) is 0 Å². The first-order chi connectivity index (χ1) is 7.13. The van der Waals surface area contributed by atoms with E-state index in [4.69, 9.17) is 4.42 Å². The average Bonchev–Trinajstić information content (AvgIpc) is 2.66. The van der Waals surface area contributed by atoms with Crippen LogP contribution in [0.1, 0.15) is 31.4 Å². The number of amides is 2. The number of carbonyl (C=O) groups is 1. The first kappa shape index (κ1) is 11.6. The molecule has 0 atom stereocenters. The molecule has 5 heteroatoms. The molecule has 0 saturated heterocycles. The topological polar surface area (TPSA) is 67.2 Å². The molecule has 2 amide bonds. The van der Waals surface area contributed by atoms with Crippen LogP contribution in [0.5, 0.6) is 0 Å². The van der Waals surface area contributed by atoms with Crippen molar-refractivity contribution in [3.8, 4) is 0 Å². The number of nitrogens with zero attached hydrogens (tertiary/aromatic N) is 1. The predicted molar refractivity (Wildman–Crippen MR) is 56.8 cm³/mol. The van der Waals surface area contributed by atoms with E-state index in [-0.39, 0.29) is 6.03 Å². The summed E-state index contributed by atoms with van der Waals surface area (Å²) in [5.74, 6) is 1.89. The molecule has 1 aromatic heterocycles. The lowest BCUT2D eigenvalue weighted by atomic mass is 10.2. The van der Waals surface area contributed by atoms with Gasteiger partial charge >= 0.3 is 6.03 Å². The van der Waals surface area contributed by atoms with Crippen molar-refractivity contribution in [1.82, 2.24) is 15.6 Å². The molecule has 0 unspecified atom stereocenters. The van der Waals surface area contributed by atoms with Crippen LogP contribution in [0.2, 0.25) is 0 Å². The zero-order valence-electron chi connectivity index (χ0n) is 9.33. The first-order valence-corrected chi connectivity index (χ1v) is 5.03. The number of hydrogen-bond acceptors (Lipinski definition) is 3. The first-order valence-electron chi connectivity index (χ1n) is 5.03. The van der Waals surface area contributed by atoms with Gasteiger partial charge < -0.3 is 15.1 Å². The Balaban J connectivity index is 2.34. The normalized spacial score (nSPS) is 10.4. The van der Waals surface area contributed by atoms with Crippen LogP contribution >= 0.6 is 0 Å². The molecule has 0 spiro atoms. The van der Waals surface area contributed by atoms with Gasteiger partial charge in [0.2, 0.25) is 0 Å². The van der Waals surface area contributed by atoms with Crippen molar-refractivity contribution >= 4 is 6.03 Å². The van der Waals surface area contributed by atoms with Gasteiger partial charge in [-0.15, -0.1) is 0 Å². The molecule has 0 bridgehead atoms. The van der Waals surface area contributed by atoms with Gasteiger partial charge in [-0.25, -0.2) is 9.78 Å². The van der Waals surface area contributed by atoms with Crippen molar-refractivity contribution in [2.75, 3.05) is 13.6 Å². The molecule has 84 valence electrons. The number of carbonyl (C=O) groups excluding carboxylic acids is 1. The molecular weight excluding hydrogens is 194 g/mol. The van der Waals surface area contributed by atoms with Crippen molar-refractivity contribution < 1.29 is 9.21 Å². The lowest BCUT2D eigenvalue weighted by Crippen LogP contribution is -2.34. The van der Waals surface area contributed by atoms with Crippen LogP contribution in [0.15, 0.2) is 10.6 Å². The summed E-state index contributed by atoms with van der Waals surface area (Å²) in [6, 6.07) is -0.189. The fraction of sp³-hybridized carbons (Fsp3) is 0.600. The third-order valence-corrected chi connectivity index (χ3v) is 1.99. The van der Waals surface area contributed by atoms with Crippen LogP contribution in [-0.2, 0) is 6.42 Å². The summed E-state index contributed by atoms with van der Waals surface area (Å²) in [4.78, 5) is 15.0. The highest BCUT2D eigenvalue weighted by Gasteiger charge is 2.07. The Morgan fingerprint density at radius 1 is 1.60 bits per heavy atom. The molecule has 0 aliphatic heterocycles. The van der Waals surface area contributed by atoms with Crippen LogP contribution in [0.3, 0.4) is 0 Å². The largest absolute Gasteiger partial charge is 0.445 e. The Kier molecular flexibility index (Phi) is 4.15. The molecule has 0 radical (unpaired) electrons. The number of oxazole rings is 1. The van der Waals surface area contributed by atoms with E-state index in [1.807, 2.05) is 13.8 Å². The van der Waals surface area contributed by atoms with Crippen LogP contribution in [-0.4, -0.2) is 24.6 Å². The van der Waals surface area contributed by atoms with Crippen LogP contribution in [0.25, 0.3) is 0 Å². The highest BCUT2D eigenvalue weighted by atomic mass is 16.4. The fourth-order valence-electron chi connectivity index (χ4n) is 1.08. The van der Waals surface area contributed by atoms with Gasteiger partial charge in [0, 0.05) is 25.9 Å². The third-order valence-electron chi connectivity index (χ3n) is 1.99. The van der Waals surface area contributed by atoms with Crippen LogP contribution in [0, 0.1) is 0 Å². The Morgan fingerprint density at radius 2 is 2.33 bits per heavy atom.